The molecule has 1 aromatic rings. The molecule has 166 valence electrons. The molecule has 0 aliphatic carbocycles. The van der Waals surface area contributed by atoms with Crippen LogP contribution in [0.2, 0.25) is 0 Å². The maximum Gasteiger partial charge on any atom is 2.00 e. The van der Waals surface area contributed by atoms with Gasteiger partial charge in [-0.15, -0.1) is 0 Å². The van der Waals surface area contributed by atoms with Gasteiger partial charge in [-0.05, 0) is 18.6 Å². The van der Waals surface area contributed by atoms with Crippen LogP contribution in [-0.4, -0.2) is 38.1 Å². The molecule has 1 rings (SSSR count). The Kier molecular flexibility index (Phi) is 19.8. The Bertz CT molecular complexity index is 571. The van der Waals surface area contributed by atoms with E-state index in [-0.39, 0.29) is 37.4 Å². The van der Waals surface area contributed by atoms with E-state index in [4.69, 9.17) is 4.18 Å². The molecular formula is C24H44MgO3S. The molecule has 1 aromatic carbocycles. The topological polar surface area (TPSA) is 43.4 Å². The fourth-order valence-corrected chi connectivity index (χ4v) is 4.44. The van der Waals surface area contributed by atoms with Crippen molar-refractivity contribution in [2.45, 2.75) is 115 Å². The Hall–Kier alpha value is -0.104. The maximum absolute atomic E-state index is 12.0. The van der Waals surface area contributed by atoms with Crippen LogP contribution < -0.4 is 0 Å². The van der Waals surface area contributed by atoms with E-state index < -0.39 is 10.1 Å². The second-order valence-electron chi connectivity index (χ2n) is 7.89. The largest absolute Gasteiger partial charge is 2.00 e. The van der Waals surface area contributed by atoms with Crippen molar-refractivity contribution in [1.29, 1.82) is 0 Å². The van der Waals surface area contributed by atoms with E-state index in [0.717, 1.165) is 12.8 Å². The first kappa shape index (κ1) is 28.9. The summed E-state index contributed by atoms with van der Waals surface area (Å²) >= 11 is 0. The third-order valence-electron chi connectivity index (χ3n) is 5.27. The zero-order valence-electron chi connectivity index (χ0n) is 20.7. The Morgan fingerprint density at radius 3 is 1.45 bits per heavy atom. The van der Waals surface area contributed by atoms with E-state index in [1.165, 1.54) is 89.9 Å². The molecule has 0 amide bonds. The third-order valence-corrected chi connectivity index (χ3v) is 6.59. The molecule has 0 unspecified atom stereocenters. The van der Waals surface area contributed by atoms with Gasteiger partial charge in [-0.1, -0.05) is 121 Å². The SMILES string of the molecule is CCCCCCCCCCCCCCCCCCOS(=O)(=O)c1ccccc1.[H-].[H-].[Mg+2]. The van der Waals surface area contributed by atoms with Gasteiger partial charge in [0.25, 0.3) is 10.1 Å². The first-order valence-corrected chi connectivity index (χ1v) is 13.0. The standard InChI is InChI=1S/C24H42O3S.Mg.2H/c1-2-3-4-5-6-7-8-9-10-11-12-13-14-15-16-20-23-27-28(25,26)24-21-18-17-19-22-24;;;/h17-19,21-22H,2-16,20,23H2,1H3;;;/q;+2;2*-1. The molecule has 0 atom stereocenters. The molecule has 0 fully saturated rings. The number of rotatable bonds is 19. The average Bonchev–Trinajstić information content (AvgIpc) is 2.71. The van der Waals surface area contributed by atoms with Gasteiger partial charge in [0, 0.05) is 0 Å². The molecule has 0 radical (unpaired) electrons. The molecule has 0 aliphatic heterocycles. The van der Waals surface area contributed by atoms with Crippen LogP contribution in [0.4, 0.5) is 0 Å². The van der Waals surface area contributed by atoms with Crippen LogP contribution in [0, 0.1) is 0 Å². The van der Waals surface area contributed by atoms with Crippen molar-refractivity contribution in [2.75, 3.05) is 6.61 Å². The minimum absolute atomic E-state index is 0. The zero-order chi connectivity index (χ0) is 20.3. The molecule has 29 heavy (non-hydrogen) atoms. The van der Waals surface area contributed by atoms with Crippen molar-refractivity contribution in [3.05, 3.63) is 30.3 Å². The number of hydrogen-bond donors (Lipinski definition) is 0. The van der Waals surface area contributed by atoms with Crippen LogP contribution in [0.25, 0.3) is 0 Å². The van der Waals surface area contributed by atoms with Crippen LogP contribution in [-0.2, 0) is 14.3 Å². The number of unbranched alkanes of at least 4 members (excludes halogenated alkanes) is 15. The molecular weight excluding hydrogens is 393 g/mol. The van der Waals surface area contributed by atoms with Gasteiger partial charge < -0.3 is 2.85 Å². The molecule has 0 aliphatic rings. The summed E-state index contributed by atoms with van der Waals surface area (Å²) in [5.74, 6) is 0. The van der Waals surface area contributed by atoms with Gasteiger partial charge in [0.05, 0.1) is 11.5 Å². The number of hydrogen-bond acceptors (Lipinski definition) is 3. The first-order valence-electron chi connectivity index (χ1n) is 11.6. The molecule has 0 N–H and O–H groups in total. The van der Waals surface area contributed by atoms with Gasteiger partial charge in [-0.2, -0.15) is 8.42 Å². The molecule has 0 saturated heterocycles. The van der Waals surface area contributed by atoms with Crippen molar-refractivity contribution in [2.24, 2.45) is 0 Å². The molecule has 5 heteroatoms. The van der Waals surface area contributed by atoms with Crippen LogP contribution >= 0.6 is 0 Å². The van der Waals surface area contributed by atoms with Crippen molar-refractivity contribution >= 4 is 33.2 Å². The predicted octanol–water partition coefficient (Wildman–Crippen LogP) is 7.50. The zero-order valence-corrected chi connectivity index (χ0v) is 21.0. The fraction of sp³-hybridized carbons (Fsp3) is 0.750. The maximum atomic E-state index is 12.0. The van der Waals surface area contributed by atoms with E-state index in [2.05, 4.69) is 6.92 Å². The van der Waals surface area contributed by atoms with Gasteiger partial charge in [-0.3, -0.25) is 4.18 Å². The van der Waals surface area contributed by atoms with Gasteiger partial charge in [-0.25, -0.2) is 0 Å². The summed E-state index contributed by atoms with van der Waals surface area (Å²) in [7, 11) is -3.58. The van der Waals surface area contributed by atoms with Crippen LogP contribution in [0.1, 0.15) is 113 Å². The Morgan fingerprint density at radius 2 is 1.03 bits per heavy atom. The normalized spacial score (nSPS) is 11.3. The van der Waals surface area contributed by atoms with Gasteiger partial charge in [0.15, 0.2) is 0 Å². The minimum atomic E-state index is -3.58. The summed E-state index contributed by atoms with van der Waals surface area (Å²) in [5, 5.41) is 0. The summed E-state index contributed by atoms with van der Waals surface area (Å²) in [5.41, 5.74) is 0. The van der Waals surface area contributed by atoms with Crippen molar-refractivity contribution < 1.29 is 15.5 Å². The summed E-state index contributed by atoms with van der Waals surface area (Å²) in [6.07, 6.45) is 20.9. The smallest absolute Gasteiger partial charge is 1.00 e. The Balaban J connectivity index is -0.00000261. The number of benzene rings is 1. The summed E-state index contributed by atoms with van der Waals surface area (Å²) in [6.45, 7) is 2.56. The molecule has 0 saturated carbocycles. The minimum Gasteiger partial charge on any atom is -1.00 e. The molecule has 0 bridgehead atoms. The quantitative estimate of drug-likeness (QED) is 0.128. The van der Waals surface area contributed by atoms with E-state index in [1.54, 1.807) is 30.3 Å². The van der Waals surface area contributed by atoms with Crippen molar-refractivity contribution in [1.82, 2.24) is 0 Å². The van der Waals surface area contributed by atoms with E-state index in [9.17, 15) is 8.42 Å². The first-order chi connectivity index (χ1) is 13.7. The summed E-state index contributed by atoms with van der Waals surface area (Å²) < 4.78 is 29.0. The van der Waals surface area contributed by atoms with Crippen LogP contribution in [0.5, 0.6) is 0 Å². The second-order valence-corrected chi connectivity index (χ2v) is 9.51. The van der Waals surface area contributed by atoms with Crippen LogP contribution in [0.3, 0.4) is 0 Å². The molecule has 0 spiro atoms. The van der Waals surface area contributed by atoms with Gasteiger partial charge >= 0.3 is 23.1 Å². The van der Waals surface area contributed by atoms with Gasteiger partial charge in [0.2, 0.25) is 0 Å². The van der Waals surface area contributed by atoms with Crippen molar-refractivity contribution in [3.8, 4) is 0 Å². The molecule has 3 nitrogen and oxygen atoms in total. The van der Waals surface area contributed by atoms with E-state index in [1.807, 2.05) is 0 Å². The van der Waals surface area contributed by atoms with Crippen molar-refractivity contribution in [3.63, 3.8) is 0 Å². The second kappa shape index (κ2) is 19.8. The van der Waals surface area contributed by atoms with E-state index in [0.29, 0.717) is 0 Å². The summed E-state index contributed by atoms with van der Waals surface area (Å²) in [4.78, 5) is 0.242. The van der Waals surface area contributed by atoms with Gasteiger partial charge in [0.1, 0.15) is 0 Å². The fourth-order valence-electron chi connectivity index (χ4n) is 3.47. The predicted molar refractivity (Wildman–Crippen MR) is 127 cm³/mol. The Labute approximate surface area is 199 Å². The monoisotopic (exact) mass is 436 g/mol. The Morgan fingerprint density at radius 1 is 0.655 bits per heavy atom. The van der Waals surface area contributed by atoms with E-state index >= 15 is 0 Å². The average molecular weight is 437 g/mol. The third kappa shape index (κ3) is 16.3. The molecule has 0 heterocycles. The molecule has 0 aromatic heterocycles. The van der Waals surface area contributed by atoms with Crippen LogP contribution in [0.15, 0.2) is 35.2 Å². The summed E-state index contributed by atoms with van der Waals surface area (Å²) in [6, 6.07) is 8.37.